The molecule has 0 unspecified atom stereocenters. The molecule has 148 valence electrons. The zero-order valence-corrected chi connectivity index (χ0v) is 15.7. The van der Waals surface area contributed by atoms with Gasteiger partial charge in [0.05, 0.1) is 43.5 Å². The van der Waals surface area contributed by atoms with Crippen molar-refractivity contribution in [3.05, 3.63) is 58.6 Å². The Hall–Kier alpha value is -4.01. The van der Waals surface area contributed by atoms with Crippen LogP contribution < -0.4 is 20.5 Å². The number of hydrogen-bond donors (Lipinski definition) is 3. The average molecular weight is 394 g/mol. The maximum absolute atomic E-state index is 12.6. The quantitative estimate of drug-likeness (QED) is 0.479. The van der Waals surface area contributed by atoms with E-state index in [0.29, 0.717) is 40.3 Å². The monoisotopic (exact) mass is 394 g/mol. The predicted molar refractivity (Wildman–Crippen MR) is 108 cm³/mol. The highest BCUT2D eigenvalue weighted by Crippen LogP contribution is 2.34. The smallest absolute Gasteiger partial charge is 0.409 e. The van der Waals surface area contributed by atoms with Gasteiger partial charge in [-0.15, -0.1) is 0 Å². The molecule has 29 heavy (non-hydrogen) atoms. The molecule has 3 N–H and O–H groups in total. The van der Waals surface area contributed by atoms with Crippen molar-refractivity contribution in [3.63, 3.8) is 0 Å². The molecule has 0 bridgehead atoms. The Bertz CT molecular complexity index is 1270. The second-order valence-corrected chi connectivity index (χ2v) is 6.39. The largest absolute Gasteiger partial charge is 0.493 e. The topological polar surface area (TPSA) is 118 Å². The summed E-state index contributed by atoms with van der Waals surface area (Å²) in [5.74, 6) is 1.09. The number of fused-ring (bicyclic) bond motifs is 3. The highest BCUT2D eigenvalue weighted by molar-refractivity contribution is 6.03. The molecular formula is C20H18N4O5. The number of nitrogens with one attached hydrogen (secondary N) is 2. The number of carbonyl (C=O) groups is 1. The van der Waals surface area contributed by atoms with Crippen LogP contribution in [0.5, 0.6) is 11.5 Å². The molecule has 0 aliphatic rings. The first-order valence-corrected chi connectivity index (χ1v) is 8.72. The van der Waals surface area contributed by atoms with Crippen molar-refractivity contribution in [1.82, 2.24) is 14.5 Å². The Kier molecular flexibility index (Phi) is 4.55. The number of pyridine rings is 1. The van der Waals surface area contributed by atoms with E-state index in [1.54, 1.807) is 61.4 Å². The molecule has 0 saturated carbocycles. The number of aromatic nitrogens is 3. The van der Waals surface area contributed by atoms with Gasteiger partial charge in [-0.1, -0.05) is 12.1 Å². The Morgan fingerprint density at radius 1 is 1.17 bits per heavy atom. The molecular weight excluding hydrogens is 376 g/mol. The molecule has 0 saturated heterocycles. The van der Waals surface area contributed by atoms with Crippen LogP contribution in [-0.4, -0.2) is 40.0 Å². The van der Waals surface area contributed by atoms with Crippen molar-refractivity contribution in [2.75, 3.05) is 19.5 Å². The summed E-state index contributed by atoms with van der Waals surface area (Å²) in [7, 11) is 3.10. The van der Waals surface area contributed by atoms with E-state index < -0.39 is 6.09 Å². The maximum atomic E-state index is 12.6. The minimum atomic E-state index is -1.13. The molecule has 0 aliphatic heterocycles. The summed E-state index contributed by atoms with van der Waals surface area (Å²) < 4.78 is 12.4. The molecule has 0 aliphatic carbocycles. The minimum absolute atomic E-state index is 0.267. The number of imidazole rings is 1. The molecule has 0 fully saturated rings. The SMILES string of the molecule is COc1cc2ncc3[nH]c(=O)n(Cc4ccc(NC(=O)O)cc4)c3c2cc1OC. The van der Waals surface area contributed by atoms with Crippen molar-refractivity contribution in [3.8, 4) is 11.5 Å². The van der Waals surface area contributed by atoms with Crippen LogP contribution in [0.4, 0.5) is 10.5 Å². The van der Waals surface area contributed by atoms with E-state index in [9.17, 15) is 9.59 Å². The summed E-state index contributed by atoms with van der Waals surface area (Å²) in [6, 6.07) is 10.4. The summed E-state index contributed by atoms with van der Waals surface area (Å²) in [5.41, 5.74) is 3.02. The summed E-state index contributed by atoms with van der Waals surface area (Å²) in [6.45, 7) is 0.305. The number of H-pyrrole nitrogens is 1. The summed E-state index contributed by atoms with van der Waals surface area (Å²) >= 11 is 0. The zero-order chi connectivity index (χ0) is 20.5. The number of benzene rings is 2. The lowest BCUT2D eigenvalue weighted by Crippen LogP contribution is -2.17. The molecule has 9 heteroatoms. The maximum Gasteiger partial charge on any atom is 0.409 e. The number of aromatic amines is 1. The fourth-order valence-corrected chi connectivity index (χ4v) is 3.32. The molecule has 0 radical (unpaired) electrons. The highest BCUT2D eigenvalue weighted by Gasteiger charge is 2.15. The molecule has 0 spiro atoms. The third kappa shape index (κ3) is 3.33. The third-order valence-electron chi connectivity index (χ3n) is 4.65. The van der Waals surface area contributed by atoms with E-state index >= 15 is 0 Å². The van der Waals surface area contributed by atoms with E-state index in [4.69, 9.17) is 14.6 Å². The first-order chi connectivity index (χ1) is 14.0. The number of anilines is 1. The highest BCUT2D eigenvalue weighted by atomic mass is 16.5. The first kappa shape index (κ1) is 18.4. The van der Waals surface area contributed by atoms with Crippen LogP contribution in [0, 0.1) is 0 Å². The predicted octanol–water partition coefficient (Wildman–Crippen LogP) is 3.03. The lowest BCUT2D eigenvalue weighted by Gasteiger charge is -2.11. The molecule has 4 rings (SSSR count). The van der Waals surface area contributed by atoms with Gasteiger partial charge in [0.25, 0.3) is 0 Å². The van der Waals surface area contributed by atoms with Crippen molar-refractivity contribution in [2.24, 2.45) is 0 Å². The molecule has 2 aromatic carbocycles. The number of rotatable bonds is 5. The minimum Gasteiger partial charge on any atom is -0.493 e. The van der Waals surface area contributed by atoms with Gasteiger partial charge in [0.15, 0.2) is 11.5 Å². The third-order valence-corrected chi connectivity index (χ3v) is 4.65. The van der Waals surface area contributed by atoms with Gasteiger partial charge in [-0.3, -0.25) is 14.9 Å². The number of methoxy groups -OCH3 is 2. The number of nitrogens with zero attached hydrogens (tertiary/aromatic N) is 2. The van der Waals surface area contributed by atoms with Gasteiger partial charge in [-0.2, -0.15) is 0 Å². The number of ether oxygens (including phenoxy) is 2. The molecule has 9 nitrogen and oxygen atoms in total. The van der Waals surface area contributed by atoms with E-state index in [2.05, 4.69) is 15.3 Å². The van der Waals surface area contributed by atoms with E-state index in [0.717, 1.165) is 10.9 Å². The van der Waals surface area contributed by atoms with Gasteiger partial charge < -0.3 is 19.6 Å². The van der Waals surface area contributed by atoms with Gasteiger partial charge in [0.2, 0.25) is 0 Å². The van der Waals surface area contributed by atoms with Crippen LogP contribution >= 0.6 is 0 Å². The van der Waals surface area contributed by atoms with Crippen LogP contribution in [-0.2, 0) is 6.54 Å². The van der Waals surface area contributed by atoms with Gasteiger partial charge in [0.1, 0.15) is 0 Å². The summed E-state index contributed by atoms with van der Waals surface area (Å²) in [4.78, 5) is 30.6. The molecule has 2 aromatic heterocycles. The molecule has 2 heterocycles. The Morgan fingerprint density at radius 2 is 1.86 bits per heavy atom. The molecule has 1 amide bonds. The zero-order valence-electron chi connectivity index (χ0n) is 15.7. The van der Waals surface area contributed by atoms with Crippen LogP contribution in [0.1, 0.15) is 5.56 Å². The van der Waals surface area contributed by atoms with Gasteiger partial charge >= 0.3 is 11.8 Å². The number of amides is 1. The second-order valence-electron chi connectivity index (χ2n) is 6.39. The van der Waals surface area contributed by atoms with Gasteiger partial charge in [0, 0.05) is 17.1 Å². The van der Waals surface area contributed by atoms with Crippen molar-refractivity contribution in [1.29, 1.82) is 0 Å². The summed E-state index contributed by atoms with van der Waals surface area (Å²) in [5, 5.41) is 11.8. The van der Waals surface area contributed by atoms with E-state index in [-0.39, 0.29) is 5.69 Å². The summed E-state index contributed by atoms with van der Waals surface area (Å²) in [6.07, 6.45) is 0.482. The second kappa shape index (κ2) is 7.19. The van der Waals surface area contributed by atoms with Crippen LogP contribution in [0.3, 0.4) is 0 Å². The van der Waals surface area contributed by atoms with Gasteiger partial charge in [-0.05, 0) is 23.8 Å². The number of carboxylic acid groups (broad SMARTS) is 1. The molecule has 0 atom stereocenters. The fraction of sp³-hybridized carbons (Fsp3) is 0.150. The van der Waals surface area contributed by atoms with Crippen molar-refractivity contribution >= 4 is 33.7 Å². The van der Waals surface area contributed by atoms with Crippen LogP contribution in [0.2, 0.25) is 0 Å². The standard InChI is InChI=1S/C20H18N4O5/c1-28-16-7-13-14(8-17(16)29-2)21-9-15-18(13)24(19(25)23-15)10-11-3-5-12(6-4-11)22-20(26)27/h3-9,22H,10H2,1-2H3,(H,23,25)(H,26,27). The van der Waals surface area contributed by atoms with Gasteiger partial charge in [-0.25, -0.2) is 9.59 Å². The van der Waals surface area contributed by atoms with Crippen molar-refractivity contribution in [2.45, 2.75) is 6.54 Å². The average Bonchev–Trinajstić information content (AvgIpc) is 3.03. The first-order valence-electron chi connectivity index (χ1n) is 8.72. The Balaban J connectivity index is 1.83. The van der Waals surface area contributed by atoms with E-state index in [1.807, 2.05) is 0 Å². The van der Waals surface area contributed by atoms with E-state index in [1.165, 1.54) is 0 Å². The Labute approximate surface area is 164 Å². The fourth-order valence-electron chi connectivity index (χ4n) is 3.32. The Morgan fingerprint density at radius 3 is 2.52 bits per heavy atom. The normalized spacial score (nSPS) is 11.0. The van der Waals surface area contributed by atoms with Crippen molar-refractivity contribution < 1.29 is 19.4 Å². The lowest BCUT2D eigenvalue weighted by molar-refractivity contribution is 0.209. The van der Waals surface area contributed by atoms with Crippen LogP contribution in [0.25, 0.3) is 21.9 Å². The molecule has 4 aromatic rings. The van der Waals surface area contributed by atoms with Crippen LogP contribution in [0.15, 0.2) is 47.4 Å². The number of hydrogen-bond acceptors (Lipinski definition) is 5. The lowest BCUT2D eigenvalue weighted by atomic mass is 10.1.